The van der Waals surface area contributed by atoms with Crippen LogP contribution in [0.5, 0.6) is 0 Å². The Morgan fingerprint density at radius 1 is 1.12 bits per heavy atom. The fourth-order valence-corrected chi connectivity index (χ4v) is 3.14. The van der Waals surface area contributed by atoms with E-state index in [-0.39, 0.29) is 17.4 Å². The van der Waals surface area contributed by atoms with Crippen LogP contribution in [0, 0.1) is 0 Å². The maximum Gasteiger partial charge on any atom is 0.277 e. The van der Waals surface area contributed by atoms with Crippen LogP contribution in [-0.2, 0) is 4.79 Å². The van der Waals surface area contributed by atoms with Gasteiger partial charge in [0.2, 0.25) is 11.8 Å². The molecule has 0 radical (unpaired) electrons. The van der Waals surface area contributed by atoms with Gasteiger partial charge in [0.15, 0.2) is 5.78 Å². The minimum absolute atomic E-state index is 0.0179. The number of hydrogen-bond acceptors (Lipinski definition) is 6. The molecule has 0 aliphatic heterocycles. The Kier molecular flexibility index (Phi) is 5.85. The molecule has 1 amide bonds. The normalized spacial score (nSPS) is 10.5. The van der Waals surface area contributed by atoms with E-state index in [1.54, 1.807) is 24.3 Å². The van der Waals surface area contributed by atoms with E-state index in [0.717, 1.165) is 21.8 Å². The van der Waals surface area contributed by atoms with Gasteiger partial charge in [-0.3, -0.25) is 9.59 Å². The first-order valence-electron chi connectivity index (χ1n) is 7.65. The highest BCUT2D eigenvalue weighted by Gasteiger charge is 2.13. The van der Waals surface area contributed by atoms with Crippen LogP contribution in [-0.4, -0.2) is 27.6 Å². The summed E-state index contributed by atoms with van der Waals surface area (Å²) in [6.45, 7) is 1.50. The number of rotatable bonds is 6. The number of thioether (sulfide) groups is 1. The Bertz CT molecular complexity index is 941. The molecule has 0 aliphatic carbocycles. The summed E-state index contributed by atoms with van der Waals surface area (Å²) in [4.78, 5) is 23.3. The van der Waals surface area contributed by atoms with Crippen molar-refractivity contribution in [1.29, 1.82) is 0 Å². The Morgan fingerprint density at radius 2 is 1.85 bits per heavy atom. The SMILES string of the molecule is CC(=O)c1ccc(NC(=O)CSc2nnc(-c3ccccc3Br)o2)cc1. The summed E-state index contributed by atoms with van der Waals surface area (Å²) in [5, 5.41) is 11.0. The topological polar surface area (TPSA) is 85.1 Å². The van der Waals surface area contributed by atoms with Crippen molar-refractivity contribution in [3.05, 3.63) is 58.6 Å². The van der Waals surface area contributed by atoms with Crippen molar-refractivity contribution in [2.24, 2.45) is 0 Å². The van der Waals surface area contributed by atoms with Crippen LogP contribution < -0.4 is 5.32 Å². The lowest BCUT2D eigenvalue weighted by molar-refractivity contribution is -0.113. The fourth-order valence-electron chi connectivity index (χ4n) is 2.12. The summed E-state index contributed by atoms with van der Waals surface area (Å²) in [6.07, 6.45) is 0. The van der Waals surface area contributed by atoms with Crippen LogP contribution in [0.25, 0.3) is 11.5 Å². The van der Waals surface area contributed by atoms with Crippen molar-refractivity contribution >= 4 is 45.1 Å². The zero-order chi connectivity index (χ0) is 18.5. The second-order valence-electron chi connectivity index (χ2n) is 5.32. The minimum Gasteiger partial charge on any atom is -0.411 e. The van der Waals surface area contributed by atoms with Crippen LogP contribution in [0.2, 0.25) is 0 Å². The third kappa shape index (κ3) is 4.59. The first-order chi connectivity index (χ1) is 12.5. The van der Waals surface area contributed by atoms with E-state index in [9.17, 15) is 9.59 Å². The van der Waals surface area contributed by atoms with Gasteiger partial charge in [0.1, 0.15) is 0 Å². The van der Waals surface area contributed by atoms with Gasteiger partial charge in [-0.1, -0.05) is 23.9 Å². The van der Waals surface area contributed by atoms with Crippen LogP contribution in [0.3, 0.4) is 0 Å². The maximum absolute atomic E-state index is 12.0. The number of anilines is 1. The van der Waals surface area contributed by atoms with Crippen molar-refractivity contribution in [2.45, 2.75) is 12.1 Å². The molecule has 2 aromatic carbocycles. The first-order valence-corrected chi connectivity index (χ1v) is 9.43. The smallest absolute Gasteiger partial charge is 0.277 e. The highest BCUT2D eigenvalue weighted by Crippen LogP contribution is 2.28. The van der Waals surface area contributed by atoms with Crippen molar-refractivity contribution in [3.8, 4) is 11.5 Å². The van der Waals surface area contributed by atoms with Gasteiger partial charge in [-0.05, 0) is 59.3 Å². The number of aromatic nitrogens is 2. The second-order valence-corrected chi connectivity index (χ2v) is 7.10. The van der Waals surface area contributed by atoms with Crippen molar-refractivity contribution in [1.82, 2.24) is 10.2 Å². The van der Waals surface area contributed by atoms with E-state index in [4.69, 9.17) is 4.42 Å². The molecule has 6 nitrogen and oxygen atoms in total. The summed E-state index contributed by atoms with van der Waals surface area (Å²) < 4.78 is 6.44. The minimum atomic E-state index is -0.203. The van der Waals surface area contributed by atoms with Gasteiger partial charge >= 0.3 is 0 Å². The average Bonchev–Trinajstić information content (AvgIpc) is 3.09. The standard InChI is InChI=1S/C18H14BrN3O3S/c1-11(23)12-6-8-13(9-7-12)20-16(24)10-26-18-22-21-17(25-18)14-4-2-3-5-15(14)19/h2-9H,10H2,1H3,(H,20,24). The molecule has 0 aliphatic rings. The molecule has 1 aromatic heterocycles. The van der Waals surface area contributed by atoms with E-state index in [2.05, 4.69) is 31.4 Å². The fraction of sp³-hybridized carbons (Fsp3) is 0.111. The van der Waals surface area contributed by atoms with Crippen LogP contribution in [0.4, 0.5) is 5.69 Å². The van der Waals surface area contributed by atoms with Gasteiger partial charge in [-0.15, -0.1) is 10.2 Å². The average molecular weight is 432 g/mol. The molecule has 3 aromatic rings. The molecule has 0 atom stereocenters. The van der Waals surface area contributed by atoms with Gasteiger partial charge < -0.3 is 9.73 Å². The van der Waals surface area contributed by atoms with Crippen molar-refractivity contribution in [2.75, 3.05) is 11.1 Å². The number of carbonyl (C=O) groups excluding carboxylic acids is 2. The molecule has 0 saturated carbocycles. The third-order valence-electron chi connectivity index (χ3n) is 3.41. The number of nitrogens with one attached hydrogen (secondary N) is 1. The van der Waals surface area contributed by atoms with E-state index < -0.39 is 0 Å². The monoisotopic (exact) mass is 431 g/mol. The van der Waals surface area contributed by atoms with Crippen LogP contribution in [0.1, 0.15) is 17.3 Å². The number of nitrogens with zero attached hydrogens (tertiary/aromatic N) is 2. The zero-order valence-corrected chi connectivity index (χ0v) is 16.1. The van der Waals surface area contributed by atoms with Gasteiger partial charge in [-0.2, -0.15) is 0 Å². The van der Waals surface area contributed by atoms with Gasteiger partial charge in [-0.25, -0.2) is 0 Å². The summed E-state index contributed by atoms with van der Waals surface area (Å²) in [6, 6.07) is 14.3. The third-order valence-corrected chi connectivity index (χ3v) is 4.92. The molecule has 0 fully saturated rings. The lowest BCUT2D eigenvalue weighted by Crippen LogP contribution is -2.14. The number of Topliss-reactive ketones (excluding diaryl/α,β-unsaturated/α-hetero) is 1. The van der Waals surface area contributed by atoms with Gasteiger partial charge in [0.25, 0.3) is 5.22 Å². The number of benzene rings is 2. The molecular weight excluding hydrogens is 418 g/mol. The molecule has 1 N–H and O–H groups in total. The predicted molar refractivity (Wildman–Crippen MR) is 103 cm³/mol. The van der Waals surface area contributed by atoms with Crippen molar-refractivity contribution < 1.29 is 14.0 Å². The molecule has 0 bridgehead atoms. The molecule has 0 spiro atoms. The van der Waals surface area contributed by atoms with Gasteiger partial charge in [0.05, 0.1) is 11.3 Å². The number of hydrogen-bond donors (Lipinski definition) is 1. The number of halogens is 1. The lowest BCUT2D eigenvalue weighted by atomic mass is 10.1. The zero-order valence-electron chi connectivity index (χ0n) is 13.7. The highest BCUT2D eigenvalue weighted by molar-refractivity contribution is 9.10. The molecule has 8 heteroatoms. The highest BCUT2D eigenvalue weighted by atomic mass is 79.9. The van der Waals surface area contributed by atoms with E-state index >= 15 is 0 Å². The Labute approximate surface area is 162 Å². The summed E-state index contributed by atoms with van der Waals surface area (Å²) in [5.41, 5.74) is 2.02. The predicted octanol–water partition coefficient (Wildman–Crippen LogP) is 4.43. The molecule has 3 rings (SSSR count). The second kappa shape index (κ2) is 8.29. The quantitative estimate of drug-likeness (QED) is 0.458. The first kappa shape index (κ1) is 18.3. The Hall–Kier alpha value is -2.45. The largest absolute Gasteiger partial charge is 0.411 e. The van der Waals surface area contributed by atoms with E-state index in [1.807, 2.05) is 24.3 Å². The number of ketones is 1. The van der Waals surface area contributed by atoms with Crippen LogP contribution >= 0.6 is 27.7 Å². The molecule has 0 unspecified atom stereocenters. The van der Waals surface area contributed by atoms with E-state index in [1.165, 1.54) is 6.92 Å². The number of amides is 1. The Morgan fingerprint density at radius 3 is 2.54 bits per heavy atom. The molecular formula is C18H14BrN3O3S. The molecule has 132 valence electrons. The van der Waals surface area contributed by atoms with Crippen LogP contribution in [0.15, 0.2) is 62.6 Å². The van der Waals surface area contributed by atoms with E-state index in [0.29, 0.717) is 22.4 Å². The maximum atomic E-state index is 12.0. The molecule has 0 saturated heterocycles. The molecule has 1 heterocycles. The summed E-state index contributed by atoms with van der Waals surface area (Å²) in [5.74, 6) is 0.300. The Balaban J connectivity index is 1.56. The summed E-state index contributed by atoms with van der Waals surface area (Å²) in [7, 11) is 0. The summed E-state index contributed by atoms with van der Waals surface area (Å²) >= 11 is 4.59. The number of carbonyl (C=O) groups is 2. The van der Waals surface area contributed by atoms with Gasteiger partial charge in [0, 0.05) is 15.7 Å². The molecule has 26 heavy (non-hydrogen) atoms. The van der Waals surface area contributed by atoms with Crippen molar-refractivity contribution in [3.63, 3.8) is 0 Å². The lowest BCUT2D eigenvalue weighted by Gasteiger charge is -2.04.